The Balaban J connectivity index is 1.21. The summed E-state index contributed by atoms with van der Waals surface area (Å²) in [6.45, 7) is 2.21. The molecule has 0 spiro atoms. The number of fused-ring (bicyclic) bond motifs is 1. The quantitative estimate of drug-likeness (QED) is 0.532. The highest BCUT2D eigenvalue weighted by molar-refractivity contribution is 7.99. The Morgan fingerprint density at radius 1 is 1.30 bits per heavy atom. The number of rotatable bonds is 8. The van der Waals surface area contributed by atoms with E-state index < -0.39 is 0 Å². The minimum Gasteiger partial charge on any atom is -0.454 e. The second kappa shape index (κ2) is 8.31. The van der Waals surface area contributed by atoms with Gasteiger partial charge < -0.3 is 19.4 Å². The largest absolute Gasteiger partial charge is 0.454 e. The van der Waals surface area contributed by atoms with E-state index in [2.05, 4.69) is 37.6 Å². The summed E-state index contributed by atoms with van der Waals surface area (Å²) in [4.78, 5) is 13.8. The maximum atomic E-state index is 12.6. The molecule has 1 unspecified atom stereocenters. The van der Waals surface area contributed by atoms with E-state index in [4.69, 9.17) is 9.47 Å². The molecule has 1 fully saturated rings. The molecular formula is C21H22N4O3S2. The van der Waals surface area contributed by atoms with E-state index in [0.717, 1.165) is 47.3 Å². The normalized spacial score (nSPS) is 15.9. The molecule has 1 N–H and O–H groups in total. The fourth-order valence-corrected chi connectivity index (χ4v) is 5.01. The van der Waals surface area contributed by atoms with Crippen LogP contribution < -0.4 is 14.8 Å². The molecule has 0 saturated heterocycles. The summed E-state index contributed by atoms with van der Waals surface area (Å²) in [6.07, 6.45) is 3.09. The predicted octanol–water partition coefficient (Wildman–Crippen LogP) is 3.96. The Labute approximate surface area is 182 Å². The molecule has 5 rings (SSSR count). The van der Waals surface area contributed by atoms with Crippen LogP contribution in [0.5, 0.6) is 11.5 Å². The van der Waals surface area contributed by atoms with E-state index in [0.29, 0.717) is 11.8 Å². The summed E-state index contributed by atoms with van der Waals surface area (Å²) in [5.74, 6) is 2.72. The first-order valence-electron chi connectivity index (χ1n) is 9.95. The lowest BCUT2D eigenvalue weighted by Crippen LogP contribution is -2.28. The number of thiophene rings is 1. The van der Waals surface area contributed by atoms with Gasteiger partial charge in [0.15, 0.2) is 16.7 Å². The first kappa shape index (κ1) is 19.4. The van der Waals surface area contributed by atoms with Crippen molar-refractivity contribution >= 4 is 29.0 Å². The van der Waals surface area contributed by atoms with Gasteiger partial charge in [-0.3, -0.25) is 4.79 Å². The summed E-state index contributed by atoms with van der Waals surface area (Å²) in [6, 6.07) is 10.3. The number of hydrogen-bond acceptors (Lipinski definition) is 7. The summed E-state index contributed by atoms with van der Waals surface area (Å²) < 4.78 is 13.0. The zero-order valence-corrected chi connectivity index (χ0v) is 18.2. The monoisotopic (exact) mass is 442 g/mol. The SMILES string of the molecule is CC(NC(=O)CSc1nnc(Cc2cccs2)n1C1CC1)c1ccc2c(c1)OCO2. The second-order valence-electron chi connectivity index (χ2n) is 7.45. The number of benzene rings is 1. The fraction of sp³-hybridized carbons (Fsp3) is 0.381. The molecule has 9 heteroatoms. The Kier molecular flexibility index (Phi) is 5.39. The van der Waals surface area contributed by atoms with Gasteiger partial charge in [-0.05, 0) is 48.9 Å². The number of hydrogen-bond donors (Lipinski definition) is 1. The number of carbonyl (C=O) groups is 1. The molecule has 156 valence electrons. The molecule has 1 saturated carbocycles. The zero-order valence-electron chi connectivity index (χ0n) is 16.5. The molecule has 0 radical (unpaired) electrons. The second-order valence-corrected chi connectivity index (χ2v) is 9.42. The van der Waals surface area contributed by atoms with Gasteiger partial charge in [0.1, 0.15) is 5.82 Å². The van der Waals surface area contributed by atoms with Gasteiger partial charge in [-0.2, -0.15) is 0 Å². The van der Waals surface area contributed by atoms with Crippen molar-refractivity contribution in [3.8, 4) is 11.5 Å². The number of nitrogens with one attached hydrogen (secondary N) is 1. The fourth-order valence-electron chi connectivity index (χ4n) is 3.47. The number of carbonyl (C=O) groups excluding carboxylic acids is 1. The van der Waals surface area contributed by atoms with Crippen LogP contribution in [-0.2, 0) is 11.2 Å². The van der Waals surface area contributed by atoms with Crippen LogP contribution in [0.25, 0.3) is 0 Å². The number of aromatic nitrogens is 3. The standard InChI is InChI=1S/C21H22N4O3S2/c1-13(14-4-7-17-18(9-14)28-12-27-17)22-20(26)11-30-21-24-23-19(25(21)15-5-6-15)10-16-3-2-8-29-16/h2-4,7-9,13,15H,5-6,10-12H2,1H3,(H,22,26). The van der Waals surface area contributed by atoms with Crippen LogP contribution in [0.4, 0.5) is 0 Å². The first-order chi connectivity index (χ1) is 14.7. The Bertz CT molecular complexity index is 1050. The van der Waals surface area contributed by atoms with Crippen LogP contribution in [-0.4, -0.2) is 33.2 Å². The van der Waals surface area contributed by atoms with Crippen LogP contribution in [0.15, 0.2) is 40.9 Å². The number of thioether (sulfide) groups is 1. The minimum atomic E-state index is -0.122. The van der Waals surface area contributed by atoms with Crippen molar-refractivity contribution in [1.82, 2.24) is 20.1 Å². The summed E-state index contributed by atoms with van der Waals surface area (Å²) in [5, 5.41) is 14.7. The average Bonchev–Trinajstić information content (AvgIpc) is 3.13. The van der Waals surface area contributed by atoms with Crippen molar-refractivity contribution in [2.24, 2.45) is 0 Å². The first-order valence-corrected chi connectivity index (χ1v) is 11.8. The molecule has 0 bridgehead atoms. The molecule has 2 aromatic heterocycles. The Morgan fingerprint density at radius 3 is 2.97 bits per heavy atom. The van der Waals surface area contributed by atoms with Gasteiger partial charge in [0.25, 0.3) is 0 Å². The van der Waals surface area contributed by atoms with Gasteiger partial charge in [-0.1, -0.05) is 23.9 Å². The van der Waals surface area contributed by atoms with Gasteiger partial charge >= 0.3 is 0 Å². The Morgan fingerprint density at radius 2 is 2.17 bits per heavy atom. The lowest BCUT2D eigenvalue weighted by atomic mass is 10.1. The van der Waals surface area contributed by atoms with Crippen molar-refractivity contribution in [2.75, 3.05) is 12.5 Å². The van der Waals surface area contributed by atoms with E-state index in [9.17, 15) is 4.79 Å². The third kappa shape index (κ3) is 4.17. The van der Waals surface area contributed by atoms with Crippen LogP contribution in [0.2, 0.25) is 0 Å². The van der Waals surface area contributed by atoms with Crippen molar-refractivity contribution < 1.29 is 14.3 Å². The molecule has 1 aliphatic carbocycles. The number of ether oxygens (including phenoxy) is 2. The maximum Gasteiger partial charge on any atom is 0.231 e. The van der Waals surface area contributed by atoms with Crippen molar-refractivity contribution in [3.63, 3.8) is 0 Å². The Hall–Kier alpha value is -2.52. The van der Waals surface area contributed by atoms with Gasteiger partial charge in [-0.25, -0.2) is 0 Å². The highest BCUT2D eigenvalue weighted by atomic mass is 32.2. The van der Waals surface area contributed by atoms with Crippen LogP contribution in [0, 0.1) is 0 Å². The van der Waals surface area contributed by atoms with E-state index in [-0.39, 0.29) is 18.7 Å². The maximum absolute atomic E-state index is 12.6. The van der Waals surface area contributed by atoms with Gasteiger partial charge in [0.05, 0.1) is 11.8 Å². The van der Waals surface area contributed by atoms with E-state index in [1.807, 2.05) is 25.1 Å². The average molecular weight is 443 g/mol. The minimum absolute atomic E-state index is 0.0321. The van der Waals surface area contributed by atoms with Gasteiger partial charge in [0.2, 0.25) is 12.7 Å². The van der Waals surface area contributed by atoms with Crippen molar-refractivity contribution in [3.05, 3.63) is 52.0 Å². The highest BCUT2D eigenvalue weighted by Gasteiger charge is 2.30. The molecule has 2 aliphatic rings. The third-order valence-electron chi connectivity index (χ3n) is 5.17. The topological polar surface area (TPSA) is 78.3 Å². The van der Waals surface area contributed by atoms with Gasteiger partial charge in [0, 0.05) is 17.3 Å². The van der Waals surface area contributed by atoms with Crippen molar-refractivity contribution in [1.29, 1.82) is 0 Å². The molecule has 1 amide bonds. The van der Waals surface area contributed by atoms with Crippen LogP contribution in [0.1, 0.15) is 48.1 Å². The number of amides is 1. The summed E-state index contributed by atoms with van der Waals surface area (Å²) in [7, 11) is 0. The highest BCUT2D eigenvalue weighted by Crippen LogP contribution is 2.39. The molecule has 3 heterocycles. The van der Waals surface area contributed by atoms with Crippen molar-refractivity contribution in [2.45, 2.75) is 43.4 Å². The number of nitrogens with zero attached hydrogens (tertiary/aromatic N) is 3. The van der Waals surface area contributed by atoms with Crippen LogP contribution >= 0.6 is 23.1 Å². The smallest absolute Gasteiger partial charge is 0.231 e. The van der Waals surface area contributed by atoms with E-state index >= 15 is 0 Å². The molecule has 30 heavy (non-hydrogen) atoms. The zero-order chi connectivity index (χ0) is 20.5. The molecule has 1 aromatic carbocycles. The summed E-state index contributed by atoms with van der Waals surface area (Å²) >= 11 is 3.18. The predicted molar refractivity (Wildman–Crippen MR) is 115 cm³/mol. The van der Waals surface area contributed by atoms with E-state index in [1.54, 1.807) is 11.3 Å². The van der Waals surface area contributed by atoms with Crippen LogP contribution in [0.3, 0.4) is 0 Å². The van der Waals surface area contributed by atoms with E-state index in [1.165, 1.54) is 16.6 Å². The third-order valence-corrected chi connectivity index (χ3v) is 6.99. The summed E-state index contributed by atoms with van der Waals surface area (Å²) in [5.41, 5.74) is 0.983. The van der Waals surface area contributed by atoms with Gasteiger partial charge in [-0.15, -0.1) is 21.5 Å². The molecule has 1 atom stereocenters. The molecular weight excluding hydrogens is 420 g/mol. The molecule has 7 nitrogen and oxygen atoms in total. The lowest BCUT2D eigenvalue weighted by Gasteiger charge is -2.15. The lowest BCUT2D eigenvalue weighted by molar-refractivity contribution is -0.119. The molecule has 1 aliphatic heterocycles. The molecule has 3 aromatic rings.